The predicted molar refractivity (Wildman–Crippen MR) is 77.3 cm³/mol. The van der Waals surface area contributed by atoms with Crippen LogP contribution in [0.4, 0.5) is 5.95 Å². The average molecular weight is 310 g/mol. The van der Waals surface area contributed by atoms with Crippen LogP contribution in [0.3, 0.4) is 0 Å². The fourth-order valence-electron chi connectivity index (χ4n) is 2.90. The molecule has 0 spiro atoms. The topological polar surface area (TPSA) is 136 Å². The van der Waals surface area contributed by atoms with Crippen molar-refractivity contribution in [3.8, 4) is 0 Å². The summed E-state index contributed by atoms with van der Waals surface area (Å²) >= 11 is 0. The van der Waals surface area contributed by atoms with E-state index in [4.69, 9.17) is 15.2 Å². The zero-order valence-electron chi connectivity index (χ0n) is 12.2. The number of aliphatic hydroxyl groups excluding tert-OH is 2. The first-order chi connectivity index (χ1) is 10.5. The van der Waals surface area contributed by atoms with Crippen LogP contribution in [0, 0.1) is 6.92 Å². The lowest BCUT2D eigenvalue weighted by Crippen LogP contribution is -2.34. The number of nitrogens with zero attached hydrogens (tertiary/aromatic N) is 2. The van der Waals surface area contributed by atoms with Gasteiger partial charge in [-0.15, -0.1) is 0 Å². The van der Waals surface area contributed by atoms with Crippen LogP contribution in [0.15, 0.2) is 11.0 Å². The van der Waals surface area contributed by atoms with Gasteiger partial charge in [-0.05, 0) is 12.5 Å². The Morgan fingerprint density at radius 2 is 2.32 bits per heavy atom. The molecule has 2 aromatic rings. The van der Waals surface area contributed by atoms with Crippen molar-refractivity contribution < 1.29 is 19.7 Å². The normalized spacial score (nSPS) is 28.5. The second-order valence-electron chi connectivity index (χ2n) is 5.31. The minimum atomic E-state index is -0.989. The Morgan fingerprint density at radius 1 is 1.59 bits per heavy atom. The van der Waals surface area contributed by atoms with Crippen LogP contribution in [0.25, 0.3) is 11.0 Å². The maximum absolute atomic E-state index is 12.0. The number of aliphatic hydroxyl groups is 2. The molecule has 9 heteroatoms. The highest BCUT2D eigenvalue weighted by Crippen LogP contribution is 2.34. The number of hydrogen-bond acceptors (Lipinski definition) is 7. The van der Waals surface area contributed by atoms with Gasteiger partial charge in [0.25, 0.3) is 5.56 Å². The van der Waals surface area contributed by atoms with Gasteiger partial charge < -0.3 is 30.0 Å². The first kappa shape index (κ1) is 15.0. The molecule has 0 aliphatic carbocycles. The number of anilines is 1. The van der Waals surface area contributed by atoms with E-state index in [0.29, 0.717) is 16.6 Å². The molecule has 0 saturated carbocycles. The fraction of sp³-hybridized carbons (Fsp3) is 0.538. The lowest BCUT2D eigenvalue weighted by molar-refractivity contribution is -0.0580. The van der Waals surface area contributed by atoms with E-state index in [0.717, 1.165) is 0 Å². The van der Waals surface area contributed by atoms with Gasteiger partial charge >= 0.3 is 0 Å². The van der Waals surface area contributed by atoms with E-state index in [-0.39, 0.29) is 18.1 Å². The van der Waals surface area contributed by atoms with Gasteiger partial charge in [0, 0.05) is 13.3 Å². The number of nitrogens with one attached hydrogen (secondary N) is 1. The summed E-state index contributed by atoms with van der Waals surface area (Å²) in [6, 6.07) is 0. The molecule has 0 aromatic carbocycles. The number of nitrogens with two attached hydrogens (primary N) is 1. The maximum atomic E-state index is 12.0. The van der Waals surface area contributed by atoms with E-state index in [9.17, 15) is 15.0 Å². The molecule has 0 amide bonds. The molecule has 1 aliphatic rings. The Hall–Kier alpha value is -1.94. The van der Waals surface area contributed by atoms with Crippen molar-refractivity contribution in [2.75, 3.05) is 19.5 Å². The molecule has 22 heavy (non-hydrogen) atoms. The van der Waals surface area contributed by atoms with E-state index >= 15 is 0 Å². The summed E-state index contributed by atoms with van der Waals surface area (Å²) in [4.78, 5) is 18.6. The molecule has 120 valence electrons. The second kappa shape index (κ2) is 5.36. The van der Waals surface area contributed by atoms with Gasteiger partial charge in [0.2, 0.25) is 5.95 Å². The first-order valence-electron chi connectivity index (χ1n) is 6.82. The van der Waals surface area contributed by atoms with Gasteiger partial charge in [0.15, 0.2) is 11.9 Å². The lowest BCUT2D eigenvalue weighted by Gasteiger charge is -2.20. The molecule has 1 unspecified atom stereocenters. The quantitative estimate of drug-likeness (QED) is 0.564. The fourth-order valence-corrected chi connectivity index (χ4v) is 2.90. The number of hydrogen-bond donors (Lipinski definition) is 4. The third-order valence-corrected chi connectivity index (χ3v) is 3.93. The molecule has 3 heterocycles. The molecule has 9 nitrogen and oxygen atoms in total. The molecule has 0 radical (unpaired) electrons. The Labute approximate surface area is 125 Å². The summed E-state index contributed by atoms with van der Waals surface area (Å²) in [5, 5.41) is 19.8. The van der Waals surface area contributed by atoms with Gasteiger partial charge in [-0.3, -0.25) is 9.78 Å². The molecular formula is C13H18N4O5. The summed E-state index contributed by atoms with van der Waals surface area (Å²) in [5.41, 5.74) is 6.31. The SMILES string of the molecule is CO[C@@H]1C(O)[C@@H](CO)O[C@H]1n1cc(C)c2c(=O)[nH]c(N)nc21. The van der Waals surface area contributed by atoms with Gasteiger partial charge in [0.1, 0.15) is 18.3 Å². The number of rotatable bonds is 3. The standard InChI is InChI=1S/C13H18N4O5/c1-5-3-17(10-7(5)11(20)16-13(14)15-10)12-9(21-2)8(19)6(4-18)22-12/h3,6,8-9,12,18-19H,4H2,1-2H3,(H3,14,15,16,20)/t6-,8?,9-,12-/m1/s1. The number of ether oxygens (including phenoxy) is 2. The molecular weight excluding hydrogens is 292 g/mol. The second-order valence-corrected chi connectivity index (χ2v) is 5.31. The Balaban J connectivity index is 2.16. The Kier molecular flexibility index (Phi) is 3.65. The number of methoxy groups -OCH3 is 1. The van der Waals surface area contributed by atoms with E-state index in [1.807, 2.05) is 0 Å². The van der Waals surface area contributed by atoms with E-state index < -0.39 is 24.5 Å². The van der Waals surface area contributed by atoms with Crippen LogP contribution in [0.2, 0.25) is 0 Å². The number of H-pyrrole nitrogens is 1. The van der Waals surface area contributed by atoms with Crippen LogP contribution < -0.4 is 11.3 Å². The third-order valence-electron chi connectivity index (χ3n) is 3.93. The van der Waals surface area contributed by atoms with Crippen molar-refractivity contribution in [1.29, 1.82) is 0 Å². The maximum Gasteiger partial charge on any atom is 0.262 e. The first-order valence-corrected chi connectivity index (χ1v) is 6.82. The van der Waals surface area contributed by atoms with Crippen LogP contribution in [0.1, 0.15) is 11.8 Å². The van der Waals surface area contributed by atoms with Crippen LogP contribution in [-0.2, 0) is 9.47 Å². The number of aromatic nitrogens is 3. The zero-order chi connectivity index (χ0) is 16.0. The van der Waals surface area contributed by atoms with Crippen molar-refractivity contribution in [3.63, 3.8) is 0 Å². The molecule has 4 atom stereocenters. The van der Waals surface area contributed by atoms with Crippen molar-refractivity contribution in [1.82, 2.24) is 14.5 Å². The smallest absolute Gasteiger partial charge is 0.262 e. The summed E-state index contributed by atoms with van der Waals surface area (Å²) in [6.45, 7) is 1.43. The third kappa shape index (κ3) is 2.10. The van der Waals surface area contributed by atoms with E-state index in [1.165, 1.54) is 7.11 Å². The molecule has 1 fully saturated rings. The summed E-state index contributed by atoms with van der Waals surface area (Å²) < 4.78 is 12.5. The number of fused-ring (bicyclic) bond motifs is 1. The molecule has 0 bridgehead atoms. The highest BCUT2D eigenvalue weighted by atomic mass is 16.6. The minimum Gasteiger partial charge on any atom is -0.394 e. The largest absolute Gasteiger partial charge is 0.394 e. The van der Waals surface area contributed by atoms with Crippen molar-refractivity contribution in [3.05, 3.63) is 22.1 Å². The van der Waals surface area contributed by atoms with Gasteiger partial charge in [-0.25, -0.2) is 0 Å². The van der Waals surface area contributed by atoms with Crippen molar-refractivity contribution >= 4 is 17.0 Å². The number of nitrogen functional groups attached to an aromatic ring is 1. The van der Waals surface area contributed by atoms with Crippen LogP contribution >= 0.6 is 0 Å². The predicted octanol–water partition coefficient (Wildman–Crippen LogP) is -1.12. The molecule has 1 saturated heterocycles. The van der Waals surface area contributed by atoms with Crippen LogP contribution in [0.5, 0.6) is 0 Å². The van der Waals surface area contributed by atoms with Gasteiger partial charge in [-0.2, -0.15) is 4.98 Å². The zero-order valence-corrected chi connectivity index (χ0v) is 12.2. The van der Waals surface area contributed by atoms with Crippen molar-refractivity contribution in [2.45, 2.75) is 31.5 Å². The highest BCUT2D eigenvalue weighted by molar-refractivity contribution is 5.80. The monoisotopic (exact) mass is 310 g/mol. The summed E-state index contributed by atoms with van der Waals surface area (Å²) in [6.07, 6.45) is -1.49. The Morgan fingerprint density at radius 3 is 2.95 bits per heavy atom. The number of aryl methyl sites for hydroxylation is 1. The van der Waals surface area contributed by atoms with E-state index in [1.54, 1.807) is 17.7 Å². The average Bonchev–Trinajstić information content (AvgIpc) is 2.96. The lowest BCUT2D eigenvalue weighted by atomic mass is 10.1. The van der Waals surface area contributed by atoms with Gasteiger partial charge in [-0.1, -0.05) is 0 Å². The van der Waals surface area contributed by atoms with Gasteiger partial charge in [0.05, 0.1) is 12.0 Å². The minimum absolute atomic E-state index is 0.0110. The molecule has 1 aliphatic heterocycles. The van der Waals surface area contributed by atoms with E-state index in [2.05, 4.69) is 9.97 Å². The molecule has 2 aromatic heterocycles. The number of aromatic amines is 1. The molecule has 3 rings (SSSR count). The highest BCUT2D eigenvalue weighted by Gasteiger charge is 2.45. The molecule has 5 N–H and O–H groups in total. The van der Waals surface area contributed by atoms with Crippen molar-refractivity contribution in [2.24, 2.45) is 0 Å². The van der Waals surface area contributed by atoms with Crippen LogP contribution in [-0.4, -0.2) is 56.8 Å². The summed E-state index contributed by atoms with van der Waals surface area (Å²) in [5.74, 6) is -0.0110. The summed E-state index contributed by atoms with van der Waals surface area (Å²) in [7, 11) is 1.44. The Bertz CT molecular complexity index is 755.